The molecular formula is C12H13N5OS. The zero-order valence-electron chi connectivity index (χ0n) is 10.7. The molecule has 0 saturated carbocycles. The number of nitriles is 1. The van der Waals surface area contributed by atoms with Gasteiger partial charge in [0.1, 0.15) is 17.2 Å². The molecule has 0 unspecified atom stereocenters. The van der Waals surface area contributed by atoms with Crippen molar-refractivity contribution < 1.29 is 4.79 Å². The maximum Gasteiger partial charge on any atom is 0.274 e. The normalized spacial score (nSPS) is 10.2. The molecule has 0 N–H and O–H groups in total. The van der Waals surface area contributed by atoms with E-state index in [-0.39, 0.29) is 12.5 Å². The van der Waals surface area contributed by atoms with Crippen LogP contribution in [0.2, 0.25) is 0 Å². The highest BCUT2D eigenvalue weighted by molar-refractivity contribution is 7.13. The Hall–Kier alpha value is -2.20. The van der Waals surface area contributed by atoms with Crippen LogP contribution in [-0.4, -0.2) is 38.7 Å². The number of thiazole rings is 1. The zero-order valence-corrected chi connectivity index (χ0v) is 11.5. The van der Waals surface area contributed by atoms with Gasteiger partial charge in [0.2, 0.25) is 0 Å². The molecule has 2 rings (SSSR count). The first-order valence-electron chi connectivity index (χ1n) is 5.76. The van der Waals surface area contributed by atoms with Crippen LogP contribution in [-0.2, 0) is 7.05 Å². The van der Waals surface area contributed by atoms with Gasteiger partial charge < -0.3 is 4.90 Å². The van der Waals surface area contributed by atoms with Crippen LogP contribution in [0.1, 0.15) is 17.4 Å². The predicted molar refractivity (Wildman–Crippen MR) is 71.5 cm³/mol. The van der Waals surface area contributed by atoms with Crippen molar-refractivity contribution in [1.29, 1.82) is 5.26 Å². The summed E-state index contributed by atoms with van der Waals surface area (Å²) in [6.45, 7) is 2.41. The lowest BCUT2D eigenvalue weighted by molar-refractivity contribution is 0.0779. The second-order valence-electron chi connectivity index (χ2n) is 3.92. The summed E-state index contributed by atoms with van der Waals surface area (Å²) >= 11 is 1.40. The van der Waals surface area contributed by atoms with E-state index in [1.165, 1.54) is 16.2 Å². The molecule has 0 aliphatic heterocycles. The van der Waals surface area contributed by atoms with E-state index in [4.69, 9.17) is 5.26 Å². The largest absolute Gasteiger partial charge is 0.324 e. The van der Waals surface area contributed by atoms with Gasteiger partial charge in [-0.15, -0.1) is 11.3 Å². The molecule has 0 aromatic carbocycles. The third kappa shape index (κ3) is 2.80. The molecule has 1 amide bonds. The Balaban J connectivity index is 2.21. The molecule has 2 aromatic rings. The van der Waals surface area contributed by atoms with Gasteiger partial charge in [-0.05, 0) is 6.92 Å². The fourth-order valence-electron chi connectivity index (χ4n) is 1.61. The van der Waals surface area contributed by atoms with Crippen molar-refractivity contribution >= 4 is 17.2 Å². The molecule has 0 radical (unpaired) electrons. The Kier molecular flexibility index (Phi) is 3.92. The van der Waals surface area contributed by atoms with Gasteiger partial charge >= 0.3 is 0 Å². The molecule has 98 valence electrons. The number of hydrogen-bond acceptors (Lipinski definition) is 5. The van der Waals surface area contributed by atoms with Crippen molar-refractivity contribution in [2.45, 2.75) is 6.92 Å². The number of hydrogen-bond donors (Lipinski definition) is 0. The molecule has 2 aromatic heterocycles. The van der Waals surface area contributed by atoms with Crippen molar-refractivity contribution in [3.8, 4) is 16.6 Å². The van der Waals surface area contributed by atoms with E-state index in [2.05, 4.69) is 10.1 Å². The van der Waals surface area contributed by atoms with Crippen LogP contribution >= 0.6 is 11.3 Å². The number of nitrogens with zero attached hydrogens (tertiary/aromatic N) is 5. The minimum atomic E-state index is -0.213. The van der Waals surface area contributed by atoms with Crippen LogP contribution in [0.3, 0.4) is 0 Å². The van der Waals surface area contributed by atoms with Gasteiger partial charge in [-0.2, -0.15) is 10.4 Å². The Labute approximate surface area is 114 Å². The summed E-state index contributed by atoms with van der Waals surface area (Å²) in [5, 5.41) is 15.2. The van der Waals surface area contributed by atoms with E-state index in [1.54, 1.807) is 16.3 Å². The Morgan fingerprint density at radius 3 is 3.00 bits per heavy atom. The summed E-state index contributed by atoms with van der Waals surface area (Å²) in [5.74, 6) is -0.213. The molecule has 19 heavy (non-hydrogen) atoms. The monoisotopic (exact) mass is 275 g/mol. The van der Waals surface area contributed by atoms with Gasteiger partial charge in [0.15, 0.2) is 0 Å². The Bertz CT molecular complexity index is 624. The van der Waals surface area contributed by atoms with E-state index in [9.17, 15) is 4.79 Å². The van der Waals surface area contributed by atoms with Crippen molar-refractivity contribution in [3.05, 3.63) is 23.5 Å². The minimum Gasteiger partial charge on any atom is -0.324 e. The molecule has 0 aliphatic carbocycles. The van der Waals surface area contributed by atoms with Gasteiger partial charge in [0.25, 0.3) is 5.91 Å². The van der Waals surface area contributed by atoms with Gasteiger partial charge in [0, 0.05) is 30.7 Å². The van der Waals surface area contributed by atoms with Crippen LogP contribution in [0.4, 0.5) is 0 Å². The second-order valence-corrected chi connectivity index (χ2v) is 4.78. The van der Waals surface area contributed by atoms with Crippen molar-refractivity contribution in [3.63, 3.8) is 0 Å². The number of aryl methyl sites for hydroxylation is 1. The number of carbonyl (C=O) groups excluding carboxylic acids is 1. The maximum atomic E-state index is 12.1. The van der Waals surface area contributed by atoms with Crippen LogP contribution in [0, 0.1) is 11.3 Å². The summed E-state index contributed by atoms with van der Waals surface area (Å²) in [6.07, 6.45) is 3.56. The average molecular weight is 275 g/mol. The lowest BCUT2D eigenvalue weighted by Gasteiger charge is -2.15. The SMILES string of the molecule is CCN(CC#N)C(=O)c1csc(-c2cnn(C)c2)n1. The molecule has 7 heteroatoms. The molecule has 0 fully saturated rings. The molecule has 6 nitrogen and oxygen atoms in total. The third-order valence-corrected chi connectivity index (χ3v) is 3.50. The standard InChI is InChI=1S/C12H13N5OS/c1-3-17(5-4-13)12(18)10-8-19-11(15-10)9-6-14-16(2)7-9/h6-8H,3,5H2,1-2H3. The first-order valence-corrected chi connectivity index (χ1v) is 6.64. The molecule has 2 heterocycles. The molecular weight excluding hydrogens is 262 g/mol. The van der Waals surface area contributed by atoms with Gasteiger partial charge in [-0.3, -0.25) is 9.48 Å². The first kappa shape index (κ1) is 13.2. The first-order chi connectivity index (χ1) is 9.15. The Morgan fingerprint density at radius 1 is 1.63 bits per heavy atom. The second kappa shape index (κ2) is 5.63. The molecule has 0 spiro atoms. The quantitative estimate of drug-likeness (QED) is 0.793. The van der Waals surface area contributed by atoms with Crippen molar-refractivity contribution in [1.82, 2.24) is 19.7 Å². The minimum absolute atomic E-state index is 0.0785. The highest BCUT2D eigenvalue weighted by Crippen LogP contribution is 2.23. The average Bonchev–Trinajstić information content (AvgIpc) is 3.03. The third-order valence-electron chi connectivity index (χ3n) is 2.61. The number of rotatable bonds is 4. The van der Waals surface area contributed by atoms with E-state index >= 15 is 0 Å². The van der Waals surface area contributed by atoms with Crippen LogP contribution in [0.15, 0.2) is 17.8 Å². The molecule has 0 bridgehead atoms. The summed E-state index contributed by atoms with van der Waals surface area (Å²) in [5.41, 5.74) is 1.26. The highest BCUT2D eigenvalue weighted by atomic mass is 32.1. The van der Waals surface area contributed by atoms with E-state index in [1.807, 2.05) is 26.2 Å². The number of amides is 1. The van der Waals surface area contributed by atoms with Crippen molar-refractivity contribution in [2.24, 2.45) is 7.05 Å². The lowest BCUT2D eigenvalue weighted by atomic mass is 10.3. The fraction of sp³-hybridized carbons (Fsp3) is 0.333. The maximum absolute atomic E-state index is 12.1. The molecule has 0 saturated heterocycles. The predicted octanol–water partition coefficient (Wildman–Crippen LogP) is 1.53. The summed E-state index contributed by atoms with van der Waals surface area (Å²) in [7, 11) is 1.83. The smallest absolute Gasteiger partial charge is 0.274 e. The lowest BCUT2D eigenvalue weighted by Crippen LogP contribution is -2.31. The van der Waals surface area contributed by atoms with Gasteiger partial charge in [0.05, 0.1) is 12.3 Å². The Morgan fingerprint density at radius 2 is 2.42 bits per heavy atom. The number of carbonyl (C=O) groups is 1. The van der Waals surface area contributed by atoms with Crippen molar-refractivity contribution in [2.75, 3.05) is 13.1 Å². The van der Waals surface area contributed by atoms with E-state index in [0.717, 1.165) is 10.6 Å². The van der Waals surface area contributed by atoms with E-state index < -0.39 is 0 Å². The van der Waals surface area contributed by atoms with Crippen LogP contribution in [0.25, 0.3) is 10.6 Å². The summed E-state index contributed by atoms with van der Waals surface area (Å²) < 4.78 is 1.69. The number of aromatic nitrogens is 3. The van der Waals surface area contributed by atoms with Crippen LogP contribution in [0.5, 0.6) is 0 Å². The van der Waals surface area contributed by atoms with Crippen LogP contribution < -0.4 is 0 Å². The summed E-state index contributed by atoms with van der Waals surface area (Å²) in [4.78, 5) is 17.9. The molecule has 0 atom stereocenters. The topological polar surface area (TPSA) is 74.8 Å². The van der Waals surface area contributed by atoms with Gasteiger partial charge in [-0.25, -0.2) is 4.98 Å². The highest BCUT2D eigenvalue weighted by Gasteiger charge is 2.17. The zero-order chi connectivity index (χ0) is 13.8. The molecule has 0 aliphatic rings. The fourth-order valence-corrected chi connectivity index (χ4v) is 2.38. The van der Waals surface area contributed by atoms with Gasteiger partial charge in [-0.1, -0.05) is 0 Å². The summed E-state index contributed by atoms with van der Waals surface area (Å²) in [6, 6.07) is 1.98. The van der Waals surface area contributed by atoms with E-state index in [0.29, 0.717) is 12.2 Å².